The van der Waals surface area contributed by atoms with E-state index in [0.717, 1.165) is 15.4 Å². The van der Waals surface area contributed by atoms with E-state index in [1.807, 2.05) is 19.9 Å². The zero-order chi connectivity index (χ0) is 31.9. The molecule has 0 radical (unpaired) electrons. The summed E-state index contributed by atoms with van der Waals surface area (Å²) in [6, 6.07) is 13.6. The van der Waals surface area contributed by atoms with Gasteiger partial charge in [0, 0.05) is 34.8 Å². The number of nitrogens with zero attached hydrogens (tertiary/aromatic N) is 2. The Labute approximate surface area is 263 Å². The number of ether oxygens (including phenoxy) is 2. The van der Waals surface area contributed by atoms with Gasteiger partial charge in [-0.05, 0) is 74.7 Å². The summed E-state index contributed by atoms with van der Waals surface area (Å²) in [4.78, 5) is 28.6. The number of amides is 2. The van der Waals surface area contributed by atoms with Crippen LogP contribution in [0.25, 0.3) is 0 Å². The van der Waals surface area contributed by atoms with Crippen molar-refractivity contribution in [2.45, 2.75) is 51.6 Å². The molecule has 3 aromatic rings. The Bertz CT molecular complexity index is 1540. The molecule has 0 unspecified atom stereocenters. The van der Waals surface area contributed by atoms with Gasteiger partial charge in [-0.2, -0.15) is 0 Å². The molecule has 232 valence electrons. The quantitative estimate of drug-likeness (QED) is 0.252. The Morgan fingerprint density at radius 3 is 2.05 bits per heavy atom. The Hall–Kier alpha value is -3.47. The number of aryl methyl sites for hydroxylation is 2. The van der Waals surface area contributed by atoms with Gasteiger partial charge in [0.25, 0.3) is 10.0 Å². The predicted octanol–water partition coefficient (Wildman–Crippen LogP) is 5.77. The number of nitrogens with one attached hydrogen (secondary N) is 1. The van der Waals surface area contributed by atoms with Crippen molar-refractivity contribution >= 4 is 50.7 Å². The summed E-state index contributed by atoms with van der Waals surface area (Å²) in [7, 11) is -1.47. The van der Waals surface area contributed by atoms with E-state index in [1.165, 1.54) is 37.3 Å². The average Bonchev–Trinajstić information content (AvgIpc) is 2.96. The third-order valence-electron chi connectivity index (χ3n) is 6.84. The molecule has 0 fully saturated rings. The highest BCUT2D eigenvalue weighted by molar-refractivity contribution is 7.92. The minimum atomic E-state index is -4.33. The summed E-state index contributed by atoms with van der Waals surface area (Å²) in [5.74, 6) is -0.418. The van der Waals surface area contributed by atoms with Crippen molar-refractivity contribution in [1.82, 2.24) is 10.2 Å². The van der Waals surface area contributed by atoms with Crippen molar-refractivity contribution in [3.8, 4) is 11.5 Å². The van der Waals surface area contributed by atoms with Gasteiger partial charge >= 0.3 is 0 Å². The molecule has 3 rings (SSSR count). The van der Waals surface area contributed by atoms with E-state index in [9.17, 15) is 18.0 Å². The summed E-state index contributed by atoms with van der Waals surface area (Å²) in [6.45, 7) is 6.88. The number of halogens is 2. The molecule has 0 saturated carbocycles. The molecule has 0 bridgehead atoms. The second-order valence-electron chi connectivity index (χ2n) is 9.91. The van der Waals surface area contributed by atoms with Crippen LogP contribution in [0, 0.1) is 13.8 Å². The van der Waals surface area contributed by atoms with Crippen LogP contribution in [0.2, 0.25) is 10.0 Å². The Kier molecular flexibility index (Phi) is 11.7. The lowest BCUT2D eigenvalue weighted by atomic mass is 10.1. The smallest absolute Gasteiger partial charge is 0.264 e. The van der Waals surface area contributed by atoms with E-state index in [1.54, 1.807) is 44.2 Å². The van der Waals surface area contributed by atoms with Crippen LogP contribution in [0.5, 0.6) is 11.5 Å². The lowest BCUT2D eigenvalue weighted by molar-refractivity contribution is -0.140. The third-order valence-corrected chi connectivity index (χ3v) is 9.32. The highest BCUT2D eigenvalue weighted by atomic mass is 35.5. The SMILES string of the molecule is CCNC(=O)[C@@H](CC)N(Cc1c(Cl)cccc1Cl)C(=O)CN(c1cc(C)cc(C)c1)S(=O)(=O)c1ccc(OC)c(OC)c1. The standard InChI is InChI=1S/C31H37Cl2N3O6S/c1-7-27(31(38)34-8-2)35(18-24-25(32)10-9-11-26(24)33)30(37)19-36(22-15-20(3)14-21(4)16-22)43(39,40)23-12-13-28(41-5)29(17-23)42-6/h9-17,27H,7-8,18-19H2,1-6H3,(H,34,38)/t27-/m1/s1. The fraction of sp³-hybridized carbons (Fsp3) is 0.355. The molecule has 43 heavy (non-hydrogen) atoms. The van der Waals surface area contributed by atoms with Crippen LogP contribution in [-0.4, -0.2) is 58.5 Å². The second-order valence-corrected chi connectivity index (χ2v) is 12.6. The maximum atomic E-state index is 14.3. The van der Waals surface area contributed by atoms with Gasteiger partial charge in [-0.25, -0.2) is 8.42 Å². The first kappa shape index (κ1) is 34.0. The zero-order valence-electron chi connectivity index (χ0n) is 25.1. The van der Waals surface area contributed by atoms with Gasteiger partial charge in [-0.1, -0.05) is 42.3 Å². The maximum Gasteiger partial charge on any atom is 0.264 e. The minimum Gasteiger partial charge on any atom is -0.493 e. The van der Waals surface area contributed by atoms with Gasteiger partial charge in [-0.15, -0.1) is 0 Å². The first-order valence-corrected chi connectivity index (χ1v) is 15.9. The minimum absolute atomic E-state index is 0.103. The summed E-state index contributed by atoms with van der Waals surface area (Å²) >= 11 is 12.9. The highest BCUT2D eigenvalue weighted by Gasteiger charge is 2.34. The molecule has 9 nitrogen and oxygen atoms in total. The molecular formula is C31H37Cl2N3O6S. The molecular weight excluding hydrogens is 613 g/mol. The highest BCUT2D eigenvalue weighted by Crippen LogP contribution is 2.33. The topological polar surface area (TPSA) is 105 Å². The normalized spacial score (nSPS) is 11.9. The summed E-state index contributed by atoms with van der Waals surface area (Å²) < 4.78 is 40.2. The molecule has 0 spiro atoms. The number of rotatable bonds is 13. The van der Waals surface area contributed by atoms with E-state index in [-0.39, 0.29) is 29.5 Å². The molecule has 1 N–H and O–H groups in total. The van der Waals surface area contributed by atoms with Crippen LogP contribution >= 0.6 is 23.2 Å². The summed E-state index contributed by atoms with van der Waals surface area (Å²) in [5.41, 5.74) is 2.36. The van der Waals surface area contributed by atoms with Crippen molar-refractivity contribution in [3.05, 3.63) is 81.3 Å². The molecule has 0 aliphatic heterocycles. The van der Waals surface area contributed by atoms with E-state index in [2.05, 4.69) is 5.32 Å². The fourth-order valence-corrected chi connectivity index (χ4v) is 6.72. The van der Waals surface area contributed by atoms with Gasteiger partial charge in [0.15, 0.2) is 11.5 Å². The van der Waals surface area contributed by atoms with Crippen LogP contribution < -0.4 is 19.1 Å². The van der Waals surface area contributed by atoms with Gasteiger partial charge in [0.05, 0.1) is 24.8 Å². The van der Waals surface area contributed by atoms with Crippen molar-refractivity contribution < 1.29 is 27.5 Å². The third kappa shape index (κ3) is 7.93. The van der Waals surface area contributed by atoms with E-state index >= 15 is 0 Å². The van der Waals surface area contributed by atoms with Gasteiger partial charge in [0.2, 0.25) is 11.8 Å². The molecule has 0 saturated heterocycles. The molecule has 12 heteroatoms. The molecule has 0 heterocycles. The molecule has 0 aliphatic rings. The first-order valence-electron chi connectivity index (χ1n) is 13.7. The van der Waals surface area contributed by atoms with Crippen molar-refractivity contribution in [3.63, 3.8) is 0 Å². The number of anilines is 1. The fourth-order valence-electron chi connectivity index (χ4n) is 4.79. The van der Waals surface area contributed by atoms with Crippen LogP contribution in [0.1, 0.15) is 37.0 Å². The van der Waals surface area contributed by atoms with E-state index < -0.39 is 28.5 Å². The van der Waals surface area contributed by atoms with E-state index in [0.29, 0.717) is 33.6 Å². The zero-order valence-corrected chi connectivity index (χ0v) is 27.4. The Morgan fingerprint density at radius 1 is 0.907 bits per heavy atom. The Morgan fingerprint density at radius 2 is 1.51 bits per heavy atom. The molecule has 0 aliphatic carbocycles. The van der Waals surface area contributed by atoms with E-state index in [4.69, 9.17) is 32.7 Å². The Balaban J connectivity index is 2.17. The molecule has 0 aromatic heterocycles. The van der Waals surface area contributed by atoms with Crippen LogP contribution in [-0.2, 0) is 26.2 Å². The lowest BCUT2D eigenvalue weighted by Gasteiger charge is -2.33. The summed E-state index contributed by atoms with van der Waals surface area (Å²) in [5, 5.41) is 3.41. The second kappa shape index (κ2) is 14.8. The lowest BCUT2D eigenvalue weighted by Crippen LogP contribution is -2.52. The van der Waals surface area contributed by atoms with Crippen LogP contribution in [0.15, 0.2) is 59.5 Å². The van der Waals surface area contributed by atoms with Crippen LogP contribution in [0.4, 0.5) is 5.69 Å². The maximum absolute atomic E-state index is 14.3. The number of benzene rings is 3. The molecule has 3 aromatic carbocycles. The van der Waals surface area contributed by atoms with Gasteiger partial charge in [0.1, 0.15) is 12.6 Å². The number of carbonyl (C=O) groups is 2. The monoisotopic (exact) mass is 649 g/mol. The number of methoxy groups -OCH3 is 2. The number of sulfonamides is 1. The van der Waals surface area contributed by atoms with Gasteiger partial charge in [-0.3, -0.25) is 13.9 Å². The number of carbonyl (C=O) groups excluding carboxylic acids is 2. The average molecular weight is 651 g/mol. The first-order chi connectivity index (χ1) is 20.4. The summed E-state index contributed by atoms with van der Waals surface area (Å²) in [6.07, 6.45) is 0.269. The van der Waals surface area contributed by atoms with Crippen molar-refractivity contribution in [1.29, 1.82) is 0 Å². The predicted molar refractivity (Wildman–Crippen MR) is 170 cm³/mol. The largest absolute Gasteiger partial charge is 0.493 e. The number of hydrogen-bond donors (Lipinski definition) is 1. The van der Waals surface area contributed by atoms with Crippen molar-refractivity contribution in [2.75, 3.05) is 31.6 Å². The molecule has 1 atom stereocenters. The number of hydrogen-bond acceptors (Lipinski definition) is 6. The number of likely N-dealkylation sites (N-methyl/N-ethyl adjacent to an activating group) is 1. The molecule has 2 amide bonds. The van der Waals surface area contributed by atoms with Crippen LogP contribution in [0.3, 0.4) is 0 Å². The van der Waals surface area contributed by atoms with Crippen molar-refractivity contribution in [2.24, 2.45) is 0 Å². The van der Waals surface area contributed by atoms with Gasteiger partial charge < -0.3 is 19.7 Å².